The Balaban J connectivity index is 1.62. The standard InChI is InChI=1S/C33H35NO14/c1-17(35)42-16-26-29(44-18(2)36)30(45-19(3)37)31(46-20(4)38)33(48-26)47-25-7-5-6-24-28(25)23(15-43-24)13-10-21-8-11-22(12-9-21)32(41)34-14-27(39)40/h5-9,11-12,15,26,29-31,33H,10,13-14,16H2,1-4H3,(H,34,41)(H,39,40)/t26-,29-,30+,31-,33-/m1/s1. The number of aryl methyl sites for hydroxylation is 2. The third-order valence-corrected chi connectivity index (χ3v) is 7.13. The normalized spacial score (nSPS) is 20.3. The molecule has 0 unspecified atom stereocenters. The molecule has 15 nitrogen and oxygen atoms in total. The maximum atomic E-state index is 12.2. The average molecular weight is 670 g/mol. The van der Waals surface area contributed by atoms with Gasteiger partial charge in [-0.15, -0.1) is 0 Å². The van der Waals surface area contributed by atoms with E-state index in [0.717, 1.165) is 31.9 Å². The van der Waals surface area contributed by atoms with Gasteiger partial charge in [-0.2, -0.15) is 0 Å². The van der Waals surface area contributed by atoms with Gasteiger partial charge >= 0.3 is 29.8 Å². The fourth-order valence-electron chi connectivity index (χ4n) is 5.17. The molecule has 1 amide bonds. The summed E-state index contributed by atoms with van der Waals surface area (Å²) >= 11 is 0. The number of amides is 1. The van der Waals surface area contributed by atoms with Crippen LogP contribution in [0.15, 0.2) is 53.1 Å². The number of furan rings is 1. The van der Waals surface area contributed by atoms with Gasteiger partial charge in [0, 0.05) is 38.8 Å². The van der Waals surface area contributed by atoms with E-state index in [1.807, 2.05) is 0 Å². The number of carboxylic acids is 1. The number of aliphatic carboxylic acids is 1. The van der Waals surface area contributed by atoms with Crippen LogP contribution in [0.4, 0.5) is 0 Å². The van der Waals surface area contributed by atoms with Crippen LogP contribution < -0.4 is 10.1 Å². The number of rotatable bonds is 13. The SMILES string of the molecule is CC(=O)OC[C@H]1O[C@@H](Oc2cccc3occ(CCc4ccc(C(=O)NCC(=O)O)cc4)c23)[C@H](OC(C)=O)[C@@H](OC(C)=O)[C@@H]1OC(C)=O. The third-order valence-electron chi connectivity index (χ3n) is 7.13. The molecule has 1 saturated heterocycles. The van der Waals surface area contributed by atoms with Gasteiger partial charge in [0.1, 0.15) is 30.6 Å². The Labute approximate surface area is 274 Å². The Morgan fingerprint density at radius 3 is 2.06 bits per heavy atom. The van der Waals surface area contributed by atoms with Crippen LogP contribution in [-0.4, -0.2) is 84.7 Å². The lowest BCUT2D eigenvalue weighted by Crippen LogP contribution is -2.63. The number of carboxylic acid groups (broad SMARTS) is 1. The minimum atomic E-state index is -1.43. The Bertz CT molecular complexity index is 1660. The van der Waals surface area contributed by atoms with Crippen molar-refractivity contribution in [1.82, 2.24) is 5.32 Å². The number of hydrogen-bond acceptors (Lipinski definition) is 13. The second kappa shape index (κ2) is 15.9. The fourth-order valence-corrected chi connectivity index (χ4v) is 5.17. The number of benzene rings is 2. The molecule has 256 valence electrons. The van der Waals surface area contributed by atoms with Crippen LogP contribution in [0.1, 0.15) is 49.2 Å². The van der Waals surface area contributed by atoms with Crippen molar-refractivity contribution >= 4 is 46.7 Å². The lowest BCUT2D eigenvalue weighted by atomic mass is 9.98. The van der Waals surface area contributed by atoms with Crippen LogP contribution in [0, 0.1) is 0 Å². The first-order chi connectivity index (χ1) is 22.8. The van der Waals surface area contributed by atoms with Crippen molar-refractivity contribution in [2.45, 2.75) is 71.2 Å². The summed E-state index contributed by atoms with van der Waals surface area (Å²) < 4.78 is 39.7. The van der Waals surface area contributed by atoms with E-state index in [2.05, 4.69) is 5.32 Å². The molecule has 4 rings (SSSR count). The second-order valence-corrected chi connectivity index (χ2v) is 10.8. The first-order valence-electron chi connectivity index (χ1n) is 14.9. The number of ether oxygens (including phenoxy) is 6. The van der Waals surface area contributed by atoms with Crippen LogP contribution in [-0.2, 0) is 60.5 Å². The first kappa shape index (κ1) is 35.4. The molecule has 1 aromatic heterocycles. The molecule has 0 bridgehead atoms. The summed E-state index contributed by atoms with van der Waals surface area (Å²) in [4.78, 5) is 70.9. The summed E-state index contributed by atoms with van der Waals surface area (Å²) in [6.45, 7) is 3.68. The molecule has 5 atom stereocenters. The lowest BCUT2D eigenvalue weighted by molar-refractivity contribution is -0.288. The van der Waals surface area contributed by atoms with Crippen LogP contribution >= 0.6 is 0 Å². The number of carbonyl (C=O) groups excluding carboxylic acids is 5. The molecule has 0 radical (unpaired) electrons. The van der Waals surface area contributed by atoms with Crippen molar-refractivity contribution in [1.29, 1.82) is 0 Å². The van der Waals surface area contributed by atoms with Crippen molar-refractivity contribution in [3.05, 3.63) is 65.4 Å². The second-order valence-electron chi connectivity index (χ2n) is 10.8. The van der Waals surface area contributed by atoms with Gasteiger partial charge in [-0.05, 0) is 42.7 Å². The molecule has 0 aliphatic carbocycles. The highest BCUT2D eigenvalue weighted by Crippen LogP contribution is 2.36. The van der Waals surface area contributed by atoms with E-state index < -0.39 is 79.6 Å². The molecular weight excluding hydrogens is 634 g/mol. The van der Waals surface area contributed by atoms with Gasteiger partial charge in [0.05, 0.1) is 11.6 Å². The monoisotopic (exact) mass is 669 g/mol. The number of esters is 4. The molecular formula is C33H35NO14. The van der Waals surface area contributed by atoms with E-state index in [0.29, 0.717) is 29.4 Å². The van der Waals surface area contributed by atoms with Crippen molar-refractivity contribution in [3.8, 4) is 5.75 Å². The van der Waals surface area contributed by atoms with Crippen molar-refractivity contribution in [2.24, 2.45) is 0 Å². The summed E-state index contributed by atoms with van der Waals surface area (Å²) in [5.41, 5.74) is 2.42. The van der Waals surface area contributed by atoms with Gasteiger partial charge in [-0.25, -0.2) is 0 Å². The van der Waals surface area contributed by atoms with E-state index in [1.54, 1.807) is 48.7 Å². The predicted octanol–water partition coefficient (Wildman–Crippen LogP) is 2.49. The molecule has 0 saturated carbocycles. The van der Waals surface area contributed by atoms with Crippen LogP contribution in [0.2, 0.25) is 0 Å². The zero-order valence-corrected chi connectivity index (χ0v) is 26.6. The number of nitrogens with one attached hydrogen (secondary N) is 1. The smallest absolute Gasteiger partial charge is 0.322 e. The van der Waals surface area contributed by atoms with Gasteiger partial charge in [0.2, 0.25) is 12.4 Å². The zero-order chi connectivity index (χ0) is 35.0. The summed E-state index contributed by atoms with van der Waals surface area (Å²) in [7, 11) is 0. The summed E-state index contributed by atoms with van der Waals surface area (Å²) in [6, 6.07) is 11.7. The maximum Gasteiger partial charge on any atom is 0.322 e. The number of fused-ring (bicyclic) bond motifs is 1. The van der Waals surface area contributed by atoms with E-state index in [1.165, 1.54) is 6.92 Å². The quantitative estimate of drug-likeness (QED) is 0.198. The maximum absolute atomic E-state index is 12.2. The predicted molar refractivity (Wildman–Crippen MR) is 163 cm³/mol. The molecule has 15 heteroatoms. The summed E-state index contributed by atoms with van der Waals surface area (Å²) in [5.74, 6) is -4.32. The van der Waals surface area contributed by atoms with E-state index in [9.17, 15) is 28.8 Å². The molecule has 3 aromatic rings. The van der Waals surface area contributed by atoms with Gasteiger partial charge in [0.15, 0.2) is 12.2 Å². The Kier molecular flexibility index (Phi) is 11.7. The lowest BCUT2D eigenvalue weighted by Gasteiger charge is -2.44. The molecule has 0 spiro atoms. The van der Waals surface area contributed by atoms with Gasteiger partial charge < -0.3 is 43.3 Å². The summed E-state index contributed by atoms with van der Waals surface area (Å²) in [5, 5.41) is 11.7. The van der Waals surface area contributed by atoms with E-state index in [-0.39, 0.29) is 5.75 Å². The topological polar surface area (TPSA) is 203 Å². The number of hydrogen-bond donors (Lipinski definition) is 2. The van der Waals surface area contributed by atoms with Gasteiger partial charge in [-0.1, -0.05) is 18.2 Å². The minimum Gasteiger partial charge on any atom is -0.480 e. The Morgan fingerprint density at radius 2 is 1.44 bits per heavy atom. The molecule has 2 N–H and O–H groups in total. The molecule has 2 heterocycles. The van der Waals surface area contributed by atoms with Crippen molar-refractivity contribution < 1.29 is 66.7 Å². The molecule has 1 aliphatic heterocycles. The molecule has 1 aliphatic rings. The third kappa shape index (κ3) is 9.31. The largest absolute Gasteiger partial charge is 0.480 e. The highest BCUT2D eigenvalue weighted by atomic mass is 16.7. The molecule has 1 fully saturated rings. The van der Waals surface area contributed by atoms with Crippen LogP contribution in [0.3, 0.4) is 0 Å². The Morgan fingerprint density at radius 1 is 0.792 bits per heavy atom. The zero-order valence-electron chi connectivity index (χ0n) is 26.6. The van der Waals surface area contributed by atoms with Crippen molar-refractivity contribution in [2.75, 3.05) is 13.2 Å². The Hall–Kier alpha value is -5.44. The first-order valence-corrected chi connectivity index (χ1v) is 14.9. The fraction of sp³-hybridized carbons (Fsp3) is 0.394. The van der Waals surface area contributed by atoms with Gasteiger partial charge in [-0.3, -0.25) is 28.8 Å². The number of carbonyl (C=O) groups is 6. The molecule has 2 aromatic carbocycles. The van der Waals surface area contributed by atoms with E-state index >= 15 is 0 Å². The average Bonchev–Trinajstić information content (AvgIpc) is 3.44. The molecule has 48 heavy (non-hydrogen) atoms. The van der Waals surface area contributed by atoms with Gasteiger partial charge in [0.25, 0.3) is 5.91 Å². The van der Waals surface area contributed by atoms with Crippen LogP contribution in [0.25, 0.3) is 11.0 Å². The van der Waals surface area contributed by atoms with E-state index in [4.69, 9.17) is 37.9 Å². The van der Waals surface area contributed by atoms with Crippen LogP contribution in [0.5, 0.6) is 5.75 Å². The minimum absolute atomic E-state index is 0.266. The summed E-state index contributed by atoms with van der Waals surface area (Å²) in [6.07, 6.45) is -4.19. The highest BCUT2D eigenvalue weighted by molar-refractivity contribution is 5.95. The highest BCUT2D eigenvalue weighted by Gasteiger charge is 2.53. The van der Waals surface area contributed by atoms with Crippen molar-refractivity contribution in [3.63, 3.8) is 0 Å².